The highest BCUT2D eigenvalue weighted by Crippen LogP contribution is 2.23. The quantitative estimate of drug-likeness (QED) is 0.493. The van der Waals surface area contributed by atoms with Crippen LogP contribution in [0.15, 0.2) is 77.0 Å². The molecule has 0 saturated carbocycles. The van der Waals surface area contributed by atoms with Gasteiger partial charge >= 0.3 is 0 Å². The lowest BCUT2D eigenvalue weighted by Crippen LogP contribution is -2.45. The van der Waals surface area contributed by atoms with Gasteiger partial charge < -0.3 is 10.6 Å². The summed E-state index contributed by atoms with van der Waals surface area (Å²) in [7, 11) is -3.62. The molecule has 2 heterocycles. The highest BCUT2D eigenvalue weighted by molar-refractivity contribution is 7.89. The van der Waals surface area contributed by atoms with Gasteiger partial charge in [0.25, 0.3) is 5.91 Å². The number of carbonyl (C=O) groups excluding carboxylic acids is 2. The van der Waals surface area contributed by atoms with Crippen molar-refractivity contribution >= 4 is 38.9 Å². The third kappa shape index (κ3) is 5.91. The SMILES string of the molecule is O=C(NC(Cc1ccccc1)C(=O)Nc1cccc(S(=O)(=O)N2CCCCC2)c1)c1cccs1. The Morgan fingerprint density at radius 2 is 1.71 bits per heavy atom. The van der Waals surface area contributed by atoms with Crippen LogP contribution in [-0.4, -0.2) is 43.7 Å². The molecule has 1 atom stereocenters. The van der Waals surface area contributed by atoms with Crippen LogP contribution in [0.3, 0.4) is 0 Å². The third-order valence-corrected chi connectivity index (χ3v) is 8.47. The lowest BCUT2D eigenvalue weighted by molar-refractivity contribution is -0.118. The third-order valence-electron chi connectivity index (χ3n) is 5.70. The maximum atomic E-state index is 13.2. The predicted molar refractivity (Wildman–Crippen MR) is 133 cm³/mol. The molecule has 178 valence electrons. The summed E-state index contributed by atoms with van der Waals surface area (Å²) in [6.45, 7) is 1.01. The zero-order valence-corrected chi connectivity index (χ0v) is 20.3. The molecule has 3 aromatic rings. The standard InChI is InChI=1S/C25H27N3O4S2/c29-24(22(17-19-9-3-1-4-10-19)27-25(30)23-13-8-16-33-23)26-20-11-7-12-21(18-20)34(31,32)28-14-5-2-6-15-28/h1,3-4,7-13,16,18,22H,2,5-6,14-15,17H2,(H,26,29)(H,27,30). The normalized spacial score (nSPS) is 15.4. The maximum Gasteiger partial charge on any atom is 0.262 e. The molecule has 2 aromatic carbocycles. The van der Waals surface area contributed by atoms with Crippen LogP contribution in [0.2, 0.25) is 0 Å². The van der Waals surface area contributed by atoms with Crippen molar-refractivity contribution in [2.45, 2.75) is 36.6 Å². The Hall–Kier alpha value is -3.01. The van der Waals surface area contributed by atoms with Crippen LogP contribution in [0, 0.1) is 0 Å². The van der Waals surface area contributed by atoms with E-state index in [2.05, 4.69) is 10.6 Å². The van der Waals surface area contributed by atoms with Gasteiger partial charge in [-0.3, -0.25) is 9.59 Å². The van der Waals surface area contributed by atoms with Crippen LogP contribution in [0.1, 0.15) is 34.5 Å². The van der Waals surface area contributed by atoms with Crippen LogP contribution < -0.4 is 10.6 Å². The molecule has 1 unspecified atom stereocenters. The first-order chi connectivity index (χ1) is 16.4. The first-order valence-corrected chi connectivity index (χ1v) is 13.5. The van der Waals surface area contributed by atoms with Gasteiger partial charge in [-0.05, 0) is 48.1 Å². The maximum absolute atomic E-state index is 13.2. The number of sulfonamides is 1. The molecule has 1 fully saturated rings. The second-order valence-corrected chi connectivity index (χ2v) is 11.1. The molecule has 7 nitrogen and oxygen atoms in total. The van der Waals surface area contributed by atoms with Gasteiger partial charge in [0.2, 0.25) is 15.9 Å². The van der Waals surface area contributed by atoms with Crippen molar-refractivity contribution in [2.75, 3.05) is 18.4 Å². The number of hydrogen-bond donors (Lipinski definition) is 2. The fourth-order valence-electron chi connectivity index (χ4n) is 3.91. The number of nitrogens with zero attached hydrogens (tertiary/aromatic N) is 1. The Morgan fingerprint density at radius 3 is 2.41 bits per heavy atom. The fourth-order valence-corrected chi connectivity index (χ4v) is 6.10. The summed E-state index contributed by atoms with van der Waals surface area (Å²) in [5.74, 6) is -0.742. The highest BCUT2D eigenvalue weighted by atomic mass is 32.2. The minimum Gasteiger partial charge on any atom is -0.339 e. The van der Waals surface area contributed by atoms with Crippen molar-refractivity contribution in [3.05, 3.63) is 82.6 Å². The average molecular weight is 498 g/mol. The van der Waals surface area contributed by atoms with Crippen LogP contribution in [0.5, 0.6) is 0 Å². The summed E-state index contributed by atoms with van der Waals surface area (Å²) >= 11 is 1.30. The predicted octanol–water partition coefficient (Wildman–Crippen LogP) is 3.90. The van der Waals surface area contributed by atoms with Crippen LogP contribution in [0.25, 0.3) is 0 Å². The van der Waals surface area contributed by atoms with Crippen molar-refractivity contribution in [1.82, 2.24) is 9.62 Å². The molecule has 9 heteroatoms. The second kappa shape index (κ2) is 10.9. The number of rotatable bonds is 8. The van der Waals surface area contributed by atoms with Gasteiger partial charge in [-0.2, -0.15) is 4.31 Å². The van der Waals surface area contributed by atoms with Crippen molar-refractivity contribution in [1.29, 1.82) is 0 Å². The van der Waals surface area contributed by atoms with E-state index < -0.39 is 22.0 Å². The molecule has 0 aliphatic carbocycles. The van der Waals surface area contributed by atoms with Crippen LogP contribution >= 0.6 is 11.3 Å². The number of piperidine rings is 1. The van der Waals surface area contributed by atoms with Crippen LogP contribution in [0.4, 0.5) is 5.69 Å². The molecule has 1 saturated heterocycles. The number of thiophene rings is 1. The number of nitrogens with one attached hydrogen (secondary N) is 2. The summed E-state index contributed by atoms with van der Waals surface area (Å²) in [6.07, 6.45) is 3.03. The van der Waals surface area contributed by atoms with Crippen molar-refractivity contribution in [2.24, 2.45) is 0 Å². The minimum absolute atomic E-state index is 0.148. The van der Waals surface area contributed by atoms with Gasteiger partial charge in [0.15, 0.2) is 0 Å². The summed E-state index contributed by atoms with van der Waals surface area (Å²) in [6, 6.07) is 18.3. The monoisotopic (exact) mass is 497 g/mol. The number of hydrogen-bond acceptors (Lipinski definition) is 5. The topological polar surface area (TPSA) is 95.6 Å². The van der Waals surface area contributed by atoms with E-state index >= 15 is 0 Å². The Labute approximate surface area is 203 Å². The van der Waals surface area contributed by atoms with E-state index in [4.69, 9.17) is 0 Å². The van der Waals surface area contributed by atoms with Crippen LogP contribution in [-0.2, 0) is 21.2 Å². The number of anilines is 1. The Balaban J connectivity index is 1.52. The van der Waals surface area contributed by atoms with E-state index in [-0.39, 0.29) is 10.8 Å². The first-order valence-electron chi connectivity index (χ1n) is 11.2. The van der Waals surface area contributed by atoms with E-state index in [9.17, 15) is 18.0 Å². The van der Waals surface area contributed by atoms with Gasteiger partial charge in [0, 0.05) is 25.2 Å². The molecule has 1 aliphatic heterocycles. The summed E-state index contributed by atoms with van der Waals surface area (Å²) in [5.41, 5.74) is 1.27. The smallest absolute Gasteiger partial charge is 0.262 e. The molecule has 1 aliphatic rings. The molecule has 2 amide bonds. The Bertz CT molecular complexity index is 1220. The lowest BCUT2D eigenvalue weighted by atomic mass is 10.0. The number of benzene rings is 2. The first kappa shape index (κ1) is 24.1. The Kier molecular flexibility index (Phi) is 7.77. The summed E-state index contributed by atoms with van der Waals surface area (Å²) in [4.78, 5) is 26.5. The summed E-state index contributed by atoms with van der Waals surface area (Å²) in [5, 5.41) is 7.41. The molecule has 0 bridgehead atoms. The molecule has 4 rings (SSSR count). The van der Waals surface area contributed by atoms with Gasteiger partial charge in [-0.1, -0.05) is 48.9 Å². The van der Waals surface area contributed by atoms with Gasteiger partial charge in [-0.15, -0.1) is 11.3 Å². The summed E-state index contributed by atoms with van der Waals surface area (Å²) < 4.78 is 27.6. The van der Waals surface area contributed by atoms with Crippen molar-refractivity contribution in [3.63, 3.8) is 0 Å². The molecular weight excluding hydrogens is 470 g/mol. The van der Waals surface area contributed by atoms with E-state index in [0.29, 0.717) is 30.1 Å². The minimum atomic E-state index is -3.62. The molecule has 34 heavy (non-hydrogen) atoms. The molecule has 1 aromatic heterocycles. The molecular formula is C25H27N3O4S2. The molecule has 0 spiro atoms. The number of carbonyl (C=O) groups is 2. The zero-order valence-electron chi connectivity index (χ0n) is 18.6. The highest BCUT2D eigenvalue weighted by Gasteiger charge is 2.27. The largest absolute Gasteiger partial charge is 0.339 e. The zero-order chi connectivity index (χ0) is 24.0. The average Bonchev–Trinajstić information content (AvgIpc) is 3.40. The van der Waals surface area contributed by atoms with E-state index in [1.807, 2.05) is 30.3 Å². The van der Waals surface area contributed by atoms with E-state index in [1.54, 1.807) is 35.7 Å². The van der Waals surface area contributed by atoms with Crippen molar-refractivity contribution in [3.8, 4) is 0 Å². The van der Waals surface area contributed by atoms with Gasteiger partial charge in [0.05, 0.1) is 9.77 Å². The van der Waals surface area contributed by atoms with Crippen molar-refractivity contribution < 1.29 is 18.0 Å². The fraction of sp³-hybridized carbons (Fsp3) is 0.280. The van der Waals surface area contributed by atoms with Gasteiger partial charge in [0.1, 0.15) is 6.04 Å². The van der Waals surface area contributed by atoms with E-state index in [1.165, 1.54) is 21.7 Å². The van der Waals surface area contributed by atoms with E-state index in [0.717, 1.165) is 24.8 Å². The number of amides is 2. The molecule has 0 radical (unpaired) electrons. The Morgan fingerprint density at radius 1 is 0.941 bits per heavy atom. The molecule has 2 N–H and O–H groups in total. The lowest BCUT2D eigenvalue weighted by Gasteiger charge is -2.26. The second-order valence-electron chi connectivity index (χ2n) is 8.17. The van der Waals surface area contributed by atoms with Gasteiger partial charge in [-0.25, -0.2) is 8.42 Å².